The Morgan fingerprint density at radius 1 is 1.40 bits per heavy atom. The lowest BCUT2D eigenvalue weighted by atomic mass is 10.0. The van der Waals surface area contributed by atoms with E-state index < -0.39 is 0 Å². The molecule has 0 aliphatic carbocycles. The van der Waals surface area contributed by atoms with E-state index >= 15 is 0 Å². The molecule has 1 aliphatic heterocycles. The molecule has 2 nitrogen and oxygen atoms in total. The first-order chi connectivity index (χ1) is 7.30. The van der Waals surface area contributed by atoms with Crippen LogP contribution >= 0.6 is 0 Å². The molecule has 0 radical (unpaired) electrons. The fourth-order valence-electron chi connectivity index (χ4n) is 1.96. The molecule has 0 spiro atoms. The third-order valence-corrected chi connectivity index (χ3v) is 2.95. The van der Waals surface area contributed by atoms with Crippen molar-refractivity contribution in [3.63, 3.8) is 0 Å². The molecule has 0 aromatic carbocycles. The Hall–Kier alpha value is -0.960. The molecule has 0 aromatic heterocycles. The summed E-state index contributed by atoms with van der Waals surface area (Å²) < 4.78 is 0. The van der Waals surface area contributed by atoms with Crippen molar-refractivity contribution < 1.29 is 0 Å². The van der Waals surface area contributed by atoms with Gasteiger partial charge in [0.1, 0.15) is 0 Å². The van der Waals surface area contributed by atoms with Crippen molar-refractivity contribution >= 4 is 0 Å². The van der Waals surface area contributed by atoms with E-state index in [4.69, 9.17) is 12.8 Å². The number of terminal acetylenes is 2. The largest absolute Gasteiger partial charge is 0.301 e. The Morgan fingerprint density at radius 2 is 2.07 bits per heavy atom. The SMILES string of the molecule is C#CCN1CCC(NC(C#C)CC)CC1. The van der Waals surface area contributed by atoms with E-state index in [0.29, 0.717) is 6.04 Å². The van der Waals surface area contributed by atoms with Crippen LogP contribution < -0.4 is 5.32 Å². The molecule has 82 valence electrons. The van der Waals surface area contributed by atoms with E-state index in [1.165, 1.54) is 0 Å². The number of likely N-dealkylation sites (tertiary alicyclic amines) is 1. The van der Waals surface area contributed by atoms with Gasteiger partial charge < -0.3 is 5.32 Å². The van der Waals surface area contributed by atoms with E-state index in [1.54, 1.807) is 0 Å². The van der Waals surface area contributed by atoms with Gasteiger partial charge in [-0.15, -0.1) is 12.8 Å². The molecule has 0 saturated carbocycles. The number of nitrogens with zero attached hydrogens (tertiary/aromatic N) is 1. The zero-order valence-electron chi connectivity index (χ0n) is 9.50. The molecular formula is C13H20N2. The molecule has 1 aliphatic rings. The molecule has 1 fully saturated rings. The van der Waals surface area contributed by atoms with Crippen LogP contribution in [0.5, 0.6) is 0 Å². The highest BCUT2D eigenvalue weighted by molar-refractivity contribution is 5.00. The van der Waals surface area contributed by atoms with Crippen molar-refractivity contribution in [2.45, 2.75) is 38.3 Å². The van der Waals surface area contributed by atoms with Crippen molar-refractivity contribution in [3.8, 4) is 24.7 Å². The van der Waals surface area contributed by atoms with Crippen LogP contribution in [-0.4, -0.2) is 36.6 Å². The summed E-state index contributed by atoms with van der Waals surface area (Å²) in [5, 5.41) is 3.50. The molecule has 1 N–H and O–H groups in total. The van der Waals surface area contributed by atoms with Crippen LogP contribution in [-0.2, 0) is 0 Å². The Balaban J connectivity index is 2.26. The number of hydrogen-bond donors (Lipinski definition) is 1. The van der Waals surface area contributed by atoms with Crippen LogP contribution in [0.3, 0.4) is 0 Å². The highest BCUT2D eigenvalue weighted by Gasteiger charge is 2.19. The van der Waals surface area contributed by atoms with Crippen LogP contribution in [0, 0.1) is 24.7 Å². The molecule has 1 rings (SSSR count). The molecule has 1 saturated heterocycles. The van der Waals surface area contributed by atoms with Crippen LogP contribution in [0.1, 0.15) is 26.2 Å². The smallest absolute Gasteiger partial charge is 0.0686 e. The van der Waals surface area contributed by atoms with Gasteiger partial charge in [0.05, 0.1) is 12.6 Å². The van der Waals surface area contributed by atoms with Gasteiger partial charge in [0.2, 0.25) is 0 Å². The third-order valence-electron chi connectivity index (χ3n) is 2.95. The lowest BCUT2D eigenvalue weighted by molar-refractivity contribution is 0.214. The summed E-state index contributed by atoms with van der Waals surface area (Å²) in [5.74, 6) is 5.47. The summed E-state index contributed by atoms with van der Waals surface area (Å²) in [6, 6.07) is 0.800. The van der Waals surface area contributed by atoms with E-state index in [0.717, 1.165) is 38.9 Å². The Bertz CT molecular complexity index is 251. The third kappa shape index (κ3) is 3.96. The van der Waals surface area contributed by atoms with Crippen LogP contribution in [0.4, 0.5) is 0 Å². The first-order valence-electron chi connectivity index (χ1n) is 5.68. The molecule has 0 bridgehead atoms. The molecule has 1 heterocycles. The minimum absolute atomic E-state index is 0.231. The number of rotatable bonds is 4. The van der Waals surface area contributed by atoms with Crippen LogP contribution in [0.15, 0.2) is 0 Å². The lowest BCUT2D eigenvalue weighted by Gasteiger charge is -2.32. The molecule has 15 heavy (non-hydrogen) atoms. The van der Waals surface area contributed by atoms with Gasteiger partial charge in [-0.25, -0.2) is 0 Å². The van der Waals surface area contributed by atoms with Crippen molar-refractivity contribution in [2.75, 3.05) is 19.6 Å². The highest BCUT2D eigenvalue weighted by atomic mass is 15.1. The summed E-state index contributed by atoms with van der Waals surface area (Å²) in [5.41, 5.74) is 0. The zero-order valence-corrected chi connectivity index (χ0v) is 9.50. The van der Waals surface area contributed by atoms with Gasteiger partial charge in [-0.2, -0.15) is 0 Å². The summed E-state index contributed by atoms with van der Waals surface area (Å²) >= 11 is 0. The Kier molecular flexibility index (Phi) is 5.26. The average Bonchev–Trinajstić information content (AvgIpc) is 2.28. The number of hydrogen-bond acceptors (Lipinski definition) is 2. The van der Waals surface area contributed by atoms with Crippen molar-refractivity contribution in [2.24, 2.45) is 0 Å². The second-order valence-electron chi connectivity index (χ2n) is 4.05. The molecular weight excluding hydrogens is 184 g/mol. The van der Waals surface area contributed by atoms with Gasteiger partial charge in [-0.05, 0) is 19.3 Å². The minimum atomic E-state index is 0.231. The Labute approximate surface area is 93.4 Å². The molecule has 1 unspecified atom stereocenters. The number of piperidine rings is 1. The maximum atomic E-state index is 5.43. The van der Waals surface area contributed by atoms with Gasteiger partial charge in [0, 0.05) is 19.1 Å². The monoisotopic (exact) mass is 204 g/mol. The van der Waals surface area contributed by atoms with Gasteiger partial charge >= 0.3 is 0 Å². The maximum Gasteiger partial charge on any atom is 0.0686 e. The highest BCUT2D eigenvalue weighted by Crippen LogP contribution is 2.10. The predicted molar refractivity (Wildman–Crippen MR) is 64.3 cm³/mol. The summed E-state index contributed by atoms with van der Waals surface area (Å²) in [7, 11) is 0. The van der Waals surface area contributed by atoms with Crippen LogP contribution in [0.2, 0.25) is 0 Å². The lowest BCUT2D eigenvalue weighted by Crippen LogP contribution is -2.45. The van der Waals surface area contributed by atoms with E-state index in [2.05, 4.69) is 29.0 Å². The van der Waals surface area contributed by atoms with Crippen molar-refractivity contribution in [3.05, 3.63) is 0 Å². The van der Waals surface area contributed by atoms with Gasteiger partial charge in [-0.1, -0.05) is 18.8 Å². The zero-order chi connectivity index (χ0) is 11.1. The van der Waals surface area contributed by atoms with Crippen molar-refractivity contribution in [1.29, 1.82) is 0 Å². The standard InChI is InChI=1S/C13H20N2/c1-4-9-15-10-7-13(8-11-15)14-12(5-2)6-3/h1-2,12-14H,6-11H2,3H3. The molecule has 2 heteroatoms. The predicted octanol–water partition coefficient (Wildman–Crippen LogP) is 1.09. The summed E-state index contributed by atoms with van der Waals surface area (Å²) in [4.78, 5) is 2.31. The molecule has 0 amide bonds. The summed E-state index contributed by atoms with van der Waals surface area (Å²) in [6.45, 7) is 5.07. The second-order valence-corrected chi connectivity index (χ2v) is 4.05. The minimum Gasteiger partial charge on any atom is -0.301 e. The van der Waals surface area contributed by atoms with Gasteiger partial charge in [0.25, 0.3) is 0 Å². The first kappa shape index (κ1) is 12.1. The Morgan fingerprint density at radius 3 is 2.53 bits per heavy atom. The van der Waals surface area contributed by atoms with E-state index in [9.17, 15) is 0 Å². The average molecular weight is 204 g/mol. The number of nitrogens with one attached hydrogen (secondary N) is 1. The van der Waals surface area contributed by atoms with E-state index in [1.807, 2.05) is 0 Å². The van der Waals surface area contributed by atoms with Gasteiger partial charge in [0.15, 0.2) is 0 Å². The first-order valence-corrected chi connectivity index (χ1v) is 5.68. The quantitative estimate of drug-likeness (QED) is 0.690. The molecule has 1 atom stereocenters. The fourth-order valence-corrected chi connectivity index (χ4v) is 1.96. The van der Waals surface area contributed by atoms with Crippen molar-refractivity contribution in [1.82, 2.24) is 10.2 Å². The topological polar surface area (TPSA) is 15.3 Å². The fraction of sp³-hybridized carbons (Fsp3) is 0.692. The normalized spacial score (nSPS) is 20.5. The van der Waals surface area contributed by atoms with Gasteiger partial charge in [-0.3, -0.25) is 4.90 Å². The van der Waals surface area contributed by atoms with Crippen LogP contribution in [0.25, 0.3) is 0 Å². The van der Waals surface area contributed by atoms with E-state index in [-0.39, 0.29) is 6.04 Å². The molecule has 0 aromatic rings. The summed E-state index contributed by atoms with van der Waals surface area (Å²) in [6.07, 6.45) is 14.0. The maximum absolute atomic E-state index is 5.43. The second kappa shape index (κ2) is 6.51.